The quantitative estimate of drug-likeness (QED) is 0.342. The van der Waals surface area contributed by atoms with Crippen LogP contribution in [0.2, 0.25) is 0 Å². The van der Waals surface area contributed by atoms with Crippen LogP contribution in [0.4, 0.5) is 0 Å². The summed E-state index contributed by atoms with van der Waals surface area (Å²) in [6.07, 6.45) is -0.836. The Balaban J connectivity index is 4.47. The molecule has 0 amide bonds. The van der Waals surface area contributed by atoms with E-state index in [1.165, 1.54) is 0 Å². The lowest BCUT2D eigenvalue weighted by molar-refractivity contribution is -0.148. The van der Waals surface area contributed by atoms with Gasteiger partial charge in [0.25, 0.3) is 0 Å². The van der Waals surface area contributed by atoms with E-state index in [9.17, 15) is 14.4 Å². The Bertz CT molecular complexity index is 267. The Kier molecular flexibility index (Phi) is 4.58. The van der Waals surface area contributed by atoms with Gasteiger partial charge in [0.1, 0.15) is 0 Å². The summed E-state index contributed by atoms with van der Waals surface area (Å²) in [5.74, 6) is -3.86. The zero-order valence-corrected chi connectivity index (χ0v) is 8.16. The van der Waals surface area contributed by atoms with Gasteiger partial charge in [-0.05, 0) is 0 Å². The van der Waals surface area contributed by atoms with E-state index in [4.69, 9.17) is 15.9 Å². The molecule has 0 aliphatic carbocycles. The van der Waals surface area contributed by atoms with E-state index in [1.54, 1.807) is 0 Å². The van der Waals surface area contributed by atoms with Crippen molar-refractivity contribution in [1.82, 2.24) is 0 Å². The molecule has 0 rings (SSSR count). The van der Waals surface area contributed by atoms with Crippen LogP contribution in [0.1, 0.15) is 12.8 Å². The summed E-state index contributed by atoms with van der Waals surface area (Å²) in [6.45, 7) is 0. The lowest BCUT2D eigenvalue weighted by Crippen LogP contribution is -2.56. The number of hydrogen-bond donors (Lipinski definition) is 4. The van der Waals surface area contributed by atoms with Crippen LogP contribution in [-0.4, -0.2) is 39.2 Å². The van der Waals surface area contributed by atoms with Crippen LogP contribution in [0.5, 0.6) is 0 Å². The average molecular weight is 221 g/mol. The van der Waals surface area contributed by atoms with Crippen molar-refractivity contribution in [2.45, 2.75) is 18.4 Å². The van der Waals surface area contributed by atoms with Crippen LogP contribution in [0.15, 0.2) is 0 Å². The molecular formula is C7H11NO5S. The second-order valence-corrected chi connectivity index (χ2v) is 3.07. The summed E-state index contributed by atoms with van der Waals surface area (Å²) in [4.78, 5) is 31.9. The molecule has 0 radical (unpaired) electrons. The molecule has 6 nitrogen and oxygen atoms in total. The van der Waals surface area contributed by atoms with Crippen molar-refractivity contribution in [1.29, 1.82) is 0 Å². The van der Waals surface area contributed by atoms with E-state index in [0.29, 0.717) is 0 Å². The van der Waals surface area contributed by atoms with Gasteiger partial charge in [0, 0.05) is 12.2 Å². The summed E-state index contributed by atoms with van der Waals surface area (Å²) in [6, 6.07) is 0. The molecule has 4 N–H and O–H groups in total. The number of carboxylic acid groups (broad SMARTS) is 2. The minimum absolute atomic E-state index is 0.360. The highest BCUT2D eigenvalue weighted by Gasteiger charge is 2.40. The highest BCUT2D eigenvalue weighted by molar-refractivity contribution is 7.80. The monoisotopic (exact) mass is 221 g/mol. The highest BCUT2D eigenvalue weighted by Crippen LogP contribution is 2.09. The molecule has 1 atom stereocenters. The van der Waals surface area contributed by atoms with Crippen molar-refractivity contribution in [2.24, 2.45) is 5.73 Å². The number of ketones is 1. The zero-order valence-electron chi connectivity index (χ0n) is 7.27. The van der Waals surface area contributed by atoms with Crippen LogP contribution in [0.25, 0.3) is 0 Å². The molecule has 0 saturated carbocycles. The van der Waals surface area contributed by atoms with E-state index in [1.807, 2.05) is 0 Å². The van der Waals surface area contributed by atoms with Gasteiger partial charge in [-0.3, -0.25) is 9.59 Å². The minimum Gasteiger partial charge on any atom is -0.481 e. The van der Waals surface area contributed by atoms with Gasteiger partial charge in [0.15, 0.2) is 11.3 Å². The molecular weight excluding hydrogens is 210 g/mol. The van der Waals surface area contributed by atoms with E-state index >= 15 is 0 Å². The third-order valence-electron chi connectivity index (χ3n) is 1.69. The summed E-state index contributed by atoms with van der Waals surface area (Å²) in [7, 11) is 0. The maximum Gasteiger partial charge on any atom is 0.332 e. The van der Waals surface area contributed by atoms with Crippen molar-refractivity contribution in [3.05, 3.63) is 0 Å². The molecule has 0 spiro atoms. The first-order chi connectivity index (χ1) is 6.34. The van der Waals surface area contributed by atoms with Crippen molar-refractivity contribution < 1.29 is 24.6 Å². The molecule has 0 aliphatic heterocycles. The zero-order chi connectivity index (χ0) is 11.4. The first-order valence-corrected chi connectivity index (χ1v) is 4.36. The molecule has 14 heavy (non-hydrogen) atoms. The molecule has 0 bridgehead atoms. The van der Waals surface area contributed by atoms with E-state index in [0.717, 1.165) is 0 Å². The number of carboxylic acids is 2. The van der Waals surface area contributed by atoms with Gasteiger partial charge in [-0.25, -0.2) is 4.79 Å². The van der Waals surface area contributed by atoms with Crippen molar-refractivity contribution in [2.75, 3.05) is 5.75 Å². The molecule has 0 saturated heterocycles. The Morgan fingerprint density at radius 3 is 2.00 bits per heavy atom. The Hall–Kier alpha value is -1.08. The van der Waals surface area contributed by atoms with E-state index < -0.39 is 36.1 Å². The van der Waals surface area contributed by atoms with Crippen LogP contribution in [0, 0.1) is 0 Å². The summed E-state index contributed by atoms with van der Waals surface area (Å²) >= 11 is 3.65. The maximum atomic E-state index is 11.2. The van der Waals surface area contributed by atoms with Gasteiger partial charge in [-0.15, -0.1) is 0 Å². The predicted molar refractivity (Wildman–Crippen MR) is 50.3 cm³/mol. The van der Waals surface area contributed by atoms with E-state index in [-0.39, 0.29) is 5.75 Å². The van der Waals surface area contributed by atoms with Gasteiger partial charge in [0.05, 0.1) is 6.42 Å². The Morgan fingerprint density at radius 1 is 1.21 bits per heavy atom. The topological polar surface area (TPSA) is 118 Å². The lowest BCUT2D eigenvalue weighted by atomic mass is 9.94. The number of aliphatic carboxylic acids is 2. The fourth-order valence-electron chi connectivity index (χ4n) is 0.719. The Morgan fingerprint density at radius 2 is 1.71 bits per heavy atom. The largest absolute Gasteiger partial charge is 0.481 e. The molecule has 0 aromatic carbocycles. The van der Waals surface area contributed by atoms with Gasteiger partial charge in [-0.1, -0.05) is 0 Å². The number of carbonyl (C=O) groups excluding carboxylic acids is 1. The Labute approximate surface area is 85.5 Å². The van der Waals surface area contributed by atoms with Gasteiger partial charge >= 0.3 is 11.9 Å². The molecule has 7 heteroatoms. The smallest absolute Gasteiger partial charge is 0.332 e. The summed E-state index contributed by atoms with van der Waals surface area (Å²) in [5, 5.41) is 16.9. The SMILES string of the molecule is N[C@@](CS)(C(=O)O)C(=O)CCC(=O)O. The molecule has 0 fully saturated rings. The molecule has 80 valence electrons. The first-order valence-electron chi connectivity index (χ1n) is 3.73. The third kappa shape index (κ3) is 3.00. The molecule has 0 aromatic rings. The van der Waals surface area contributed by atoms with E-state index in [2.05, 4.69) is 12.6 Å². The van der Waals surface area contributed by atoms with Crippen LogP contribution in [-0.2, 0) is 14.4 Å². The van der Waals surface area contributed by atoms with Crippen LogP contribution < -0.4 is 5.73 Å². The number of Topliss-reactive ketones (excluding diaryl/α,β-unsaturated/α-hetero) is 1. The standard InChI is InChI=1S/C7H11NO5S/c8-7(3-14,6(12)13)4(9)1-2-5(10)11/h14H,1-3,8H2,(H,10,11)(H,12,13)/t7-/m1/s1. The fraction of sp³-hybridized carbons (Fsp3) is 0.571. The number of thiol groups is 1. The lowest BCUT2D eigenvalue weighted by Gasteiger charge is -2.19. The summed E-state index contributed by atoms with van der Waals surface area (Å²) in [5.41, 5.74) is 3.17. The molecule has 0 unspecified atom stereocenters. The van der Waals surface area contributed by atoms with Crippen molar-refractivity contribution in [3.8, 4) is 0 Å². The molecule has 0 heterocycles. The number of carbonyl (C=O) groups is 3. The predicted octanol–water partition coefficient (Wildman–Crippen LogP) is -0.868. The second kappa shape index (κ2) is 4.97. The van der Waals surface area contributed by atoms with Gasteiger partial charge in [0.2, 0.25) is 0 Å². The highest BCUT2D eigenvalue weighted by atomic mass is 32.1. The normalized spacial score (nSPS) is 14.4. The molecule has 0 aliphatic rings. The van der Waals surface area contributed by atoms with Crippen molar-refractivity contribution >= 4 is 30.4 Å². The number of hydrogen-bond acceptors (Lipinski definition) is 5. The second-order valence-electron chi connectivity index (χ2n) is 2.75. The number of nitrogens with two attached hydrogens (primary N) is 1. The van der Waals surface area contributed by atoms with Crippen molar-refractivity contribution in [3.63, 3.8) is 0 Å². The first kappa shape index (κ1) is 12.9. The van der Waals surface area contributed by atoms with Gasteiger partial charge < -0.3 is 15.9 Å². The van der Waals surface area contributed by atoms with Crippen LogP contribution >= 0.6 is 12.6 Å². The van der Waals surface area contributed by atoms with Crippen LogP contribution in [0.3, 0.4) is 0 Å². The average Bonchev–Trinajstić information content (AvgIpc) is 2.12. The number of rotatable bonds is 6. The minimum atomic E-state index is -2.08. The summed E-state index contributed by atoms with van der Waals surface area (Å²) < 4.78 is 0. The third-order valence-corrected chi connectivity index (χ3v) is 2.19. The van der Waals surface area contributed by atoms with Gasteiger partial charge in [-0.2, -0.15) is 12.6 Å². The fourth-order valence-corrected chi connectivity index (χ4v) is 1.03. The maximum absolute atomic E-state index is 11.2. The molecule has 0 aromatic heterocycles.